The first-order chi connectivity index (χ1) is 17.6. The molecule has 1 saturated heterocycles. The van der Waals surface area contributed by atoms with Crippen LogP contribution in [0.2, 0.25) is 0 Å². The summed E-state index contributed by atoms with van der Waals surface area (Å²) in [6.07, 6.45) is 8.49. The van der Waals surface area contributed by atoms with Crippen LogP contribution in [0.5, 0.6) is 5.75 Å². The predicted octanol–water partition coefficient (Wildman–Crippen LogP) is 3.53. The first kappa shape index (κ1) is 24.0. The molecule has 2 heterocycles. The number of carbonyl (C=O) groups excluding carboxylic acids is 1. The van der Waals surface area contributed by atoms with Crippen molar-refractivity contribution in [2.24, 2.45) is 17.8 Å². The molecule has 0 radical (unpaired) electrons. The molecule has 5 fully saturated rings. The highest BCUT2D eigenvalue weighted by atomic mass is 32.1. The predicted molar refractivity (Wildman–Crippen MR) is 142 cm³/mol. The Kier molecular flexibility index (Phi) is 6.77. The van der Waals surface area contributed by atoms with Crippen LogP contribution in [0.15, 0.2) is 24.3 Å². The Morgan fingerprint density at radius 2 is 1.83 bits per heavy atom. The standard InChI is InChI=1S/C27H38N6O2S/c1-35-23-4-2-3-19(14-23)15-24-29-26(36-31-24)33-9-7-32(8-10-33)6-5-28-25(34)30-27-16-20-11-21(17-27)13-22(12-20)18-27/h2-4,14,20-22H,5-13,15-18H2,1H3,(H2,28,30,34). The van der Waals surface area contributed by atoms with E-state index >= 15 is 0 Å². The number of hydrogen-bond acceptors (Lipinski definition) is 7. The van der Waals surface area contributed by atoms with Crippen molar-refractivity contribution in [3.63, 3.8) is 0 Å². The number of methoxy groups -OCH3 is 1. The molecular weight excluding hydrogens is 472 g/mol. The molecule has 0 atom stereocenters. The van der Waals surface area contributed by atoms with Crippen molar-refractivity contribution in [2.75, 3.05) is 51.3 Å². The summed E-state index contributed by atoms with van der Waals surface area (Å²) in [6, 6.07) is 8.11. The second-order valence-electron chi connectivity index (χ2n) is 11.4. The van der Waals surface area contributed by atoms with E-state index in [1.165, 1.54) is 50.1 Å². The van der Waals surface area contributed by atoms with Crippen molar-refractivity contribution in [3.8, 4) is 5.75 Å². The van der Waals surface area contributed by atoms with Crippen LogP contribution in [0.25, 0.3) is 0 Å². The van der Waals surface area contributed by atoms with Gasteiger partial charge in [0.2, 0.25) is 5.13 Å². The summed E-state index contributed by atoms with van der Waals surface area (Å²) in [6.45, 7) is 5.41. The average molecular weight is 511 g/mol. The van der Waals surface area contributed by atoms with Crippen molar-refractivity contribution in [3.05, 3.63) is 35.7 Å². The molecule has 1 aliphatic heterocycles. The zero-order valence-corrected chi connectivity index (χ0v) is 22.1. The lowest BCUT2D eigenvalue weighted by Gasteiger charge is -2.56. The van der Waals surface area contributed by atoms with Crippen molar-refractivity contribution in [2.45, 2.75) is 50.5 Å². The van der Waals surface area contributed by atoms with Crippen LogP contribution in [0.4, 0.5) is 9.93 Å². The molecule has 4 bridgehead atoms. The quantitative estimate of drug-likeness (QED) is 0.566. The highest BCUT2D eigenvalue weighted by molar-refractivity contribution is 7.09. The van der Waals surface area contributed by atoms with E-state index in [2.05, 4.69) is 30.9 Å². The Labute approximate surface area is 218 Å². The SMILES string of the molecule is COc1cccc(Cc2nsc(N3CCN(CCNC(=O)NC45CC6CC(CC(C6)C4)C5)CC3)n2)c1. The number of anilines is 1. The Morgan fingerprint density at radius 1 is 1.11 bits per heavy atom. The van der Waals surface area contributed by atoms with E-state index in [1.807, 2.05) is 18.2 Å². The molecule has 2 N–H and O–H groups in total. The Hall–Kier alpha value is -2.39. The van der Waals surface area contributed by atoms with Gasteiger partial charge in [0.25, 0.3) is 0 Å². The van der Waals surface area contributed by atoms with Gasteiger partial charge in [-0.05, 0) is 74.0 Å². The van der Waals surface area contributed by atoms with Crippen molar-refractivity contribution in [1.82, 2.24) is 24.9 Å². The number of benzene rings is 1. The van der Waals surface area contributed by atoms with E-state index in [-0.39, 0.29) is 11.6 Å². The molecule has 0 spiro atoms. The van der Waals surface area contributed by atoms with E-state index in [1.54, 1.807) is 7.11 Å². The van der Waals surface area contributed by atoms with Crippen LogP contribution in [-0.4, -0.2) is 72.2 Å². The maximum Gasteiger partial charge on any atom is 0.315 e. The highest BCUT2D eigenvalue weighted by Gasteiger charge is 2.51. The van der Waals surface area contributed by atoms with Crippen LogP contribution >= 0.6 is 11.5 Å². The number of ether oxygens (including phenoxy) is 1. The largest absolute Gasteiger partial charge is 0.497 e. The number of rotatable bonds is 8. The summed E-state index contributed by atoms with van der Waals surface area (Å²) in [4.78, 5) is 22.3. The van der Waals surface area contributed by atoms with Crippen molar-refractivity contribution >= 4 is 22.7 Å². The summed E-state index contributed by atoms with van der Waals surface area (Å²) >= 11 is 1.48. The second kappa shape index (κ2) is 10.2. The van der Waals surface area contributed by atoms with Gasteiger partial charge in [-0.15, -0.1) is 0 Å². The number of nitrogens with one attached hydrogen (secondary N) is 2. The van der Waals surface area contributed by atoms with Gasteiger partial charge in [0.1, 0.15) is 11.6 Å². The fraction of sp³-hybridized carbons (Fsp3) is 0.667. The molecule has 194 valence electrons. The smallest absolute Gasteiger partial charge is 0.315 e. The maximum absolute atomic E-state index is 12.7. The van der Waals surface area contributed by atoms with Crippen LogP contribution in [0.3, 0.4) is 0 Å². The van der Waals surface area contributed by atoms with E-state index in [9.17, 15) is 4.79 Å². The lowest BCUT2D eigenvalue weighted by Crippen LogP contribution is -2.61. The van der Waals surface area contributed by atoms with E-state index < -0.39 is 0 Å². The fourth-order valence-electron chi connectivity index (χ4n) is 7.45. The Bertz CT molecular complexity index is 1030. The number of carbonyl (C=O) groups is 1. The van der Waals surface area contributed by atoms with Gasteiger partial charge in [-0.25, -0.2) is 9.78 Å². The van der Waals surface area contributed by atoms with Gasteiger partial charge in [-0.3, -0.25) is 4.90 Å². The summed E-state index contributed by atoms with van der Waals surface area (Å²) in [7, 11) is 1.69. The second-order valence-corrected chi connectivity index (χ2v) is 12.2. The van der Waals surface area contributed by atoms with Gasteiger partial charge in [0, 0.05) is 62.8 Å². The van der Waals surface area contributed by atoms with Crippen LogP contribution in [0, 0.1) is 17.8 Å². The molecule has 1 aromatic heterocycles. The van der Waals surface area contributed by atoms with Crippen LogP contribution in [0.1, 0.15) is 49.9 Å². The number of amides is 2. The van der Waals surface area contributed by atoms with Gasteiger partial charge < -0.3 is 20.3 Å². The molecule has 9 heteroatoms. The van der Waals surface area contributed by atoms with E-state index in [0.29, 0.717) is 13.0 Å². The first-order valence-corrected chi connectivity index (χ1v) is 14.3. The minimum atomic E-state index is 0.0352. The zero-order valence-electron chi connectivity index (χ0n) is 21.2. The zero-order chi connectivity index (χ0) is 24.5. The third kappa shape index (κ3) is 5.32. The number of piperazine rings is 1. The molecule has 4 aliphatic carbocycles. The lowest BCUT2D eigenvalue weighted by atomic mass is 9.53. The Balaban J connectivity index is 0.921. The summed E-state index contributed by atoms with van der Waals surface area (Å²) < 4.78 is 9.91. The topological polar surface area (TPSA) is 82.6 Å². The van der Waals surface area contributed by atoms with E-state index in [0.717, 1.165) is 72.7 Å². The number of urea groups is 1. The van der Waals surface area contributed by atoms with Gasteiger partial charge in [0.05, 0.1) is 7.11 Å². The number of nitrogens with zero attached hydrogens (tertiary/aromatic N) is 4. The molecule has 2 amide bonds. The van der Waals surface area contributed by atoms with Gasteiger partial charge in [-0.1, -0.05) is 12.1 Å². The third-order valence-corrected chi connectivity index (χ3v) is 9.54. The molecule has 2 aromatic rings. The number of aromatic nitrogens is 2. The monoisotopic (exact) mass is 510 g/mol. The van der Waals surface area contributed by atoms with Crippen molar-refractivity contribution in [1.29, 1.82) is 0 Å². The fourth-order valence-corrected chi connectivity index (χ4v) is 8.19. The minimum absolute atomic E-state index is 0.0352. The van der Waals surface area contributed by atoms with Crippen LogP contribution in [-0.2, 0) is 6.42 Å². The maximum atomic E-state index is 12.7. The molecule has 1 aromatic carbocycles. The summed E-state index contributed by atoms with van der Waals surface area (Å²) in [5.41, 5.74) is 1.24. The van der Waals surface area contributed by atoms with Crippen molar-refractivity contribution < 1.29 is 9.53 Å². The third-order valence-electron chi connectivity index (χ3n) is 8.73. The minimum Gasteiger partial charge on any atom is -0.497 e. The number of hydrogen-bond donors (Lipinski definition) is 2. The first-order valence-electron chi connectivity index (χ1n) is 13.5. The lowest BCUT2D eigenvalue weighted by molar-refractivity contribution is -0.0135. The molecule has 7 rings (SSSR count). The van der Waals surface area contributed by atoms with Crippen LogP contribution < -0.4 is 20.3 Å². The van der Waals surface area contributed by atoms with Gasteiger partial charge >= 0.3 is 6.03 Å². The molecule has 36 heavy (non-hydrogen) atoms. The Morgan fingerprint density at radius 3 is 2.53 bits per heavy atom. The molecule has 4 saturated carbocycles. The van der Waals surface area contributed by atoms with E-state index in [4.69, 9.17) is 9.72 Å². The van der Waals surface area contributed by atoms with Gasteiger partial charge in [0.15, 0.2) is 0 Å². The highest BCUT2D eigenvalue weighted by Crippen LogP contribution is 2.55. The summed E-state index contributed by atoms with van der Waals surface area (Å²) in [5, 5.41) is 7.57. The molecule has 5 aliphatic rings. The average Bonchev–Trinajstić information content (AvgIpc) is 3.32. The normalized spacial score (nSPS) is 29.4. The molecule has 0 unspecified atom stereocenters. The molecule has 8 nitrogen and oxygen atoms in total. The van der Waals surface area contributed by atoms with Gasteiger partial charge in [-0.2, -0.15) is 4.37 Å². The summed E-state index contributed by atoms with van der Waals surface area (Å²) in [5.74, 6) is 4.26. The molecular formula is C27H38N6O2S.